The molecule has 4 aromatic rings. The van der Waals surface area contributed by atoms with Crippen LogP contribution in [0.25, 0.3) is 0 Å². The first-order valence-electron chi connectivity index (χ1n) is 13.6. The second-order valence-electron chi connectivity index (χ2n) is 9.43. The molecule has 0 aliphatic carbocycles. The van der Waals surface area contributed by atoms with E-state index in [1.165, 1.54) is 30.5 Å². The van der Waals surface area contributed by atoms with E-state index in [0.717, 1.165) is 9.87 Å². The zero-order chi connectivity index (χ0) is 31.5. The van der Waals surface area contributed by atoms with Crippen LogP contribution in [0.2, 0.25) is 5.02 Å². The van der Waals surface area contributed by atoms with Crippen molar-refractivity contribution in [3.05, 3.63) is 113 Å². The third-order valence-electron chi connectivity index (χ3n) is 6.11. The highest BCUT2D eigenvalue weighted by atomic mass is 35.5. The second-order valence-corrected chi connectivity index (χ2v) is 11.7. The Kier molecular flexibility index (Phi) is 11.0. The fourth-order valence-electron chi connectivity index (χ4n) is 3.95. The molecule has 0 aliphatic heterocycles. The summed E-state index contributed by atoms with van der Waals surface area (Å²) in [6, 6.07) is 26.4. The molecule has 0 saturated heterocycles. The molecule has 0 aliphatic rings. The van der Waals surface area contributed by atoms with Crippen molar-refractivity contribution >= 4 is 51.0 Å². The van der Waals surface area contributed by atoms with Crippen LogP contribution in [0.3, 0.4) is 0 Å². The van der Waals surface area contributed by atoms with Gasteiger partial charge in [-0.1, -0.05) is 41.4 Å². The molecule has 0 spiro atoms. The molecule has 0 radical (unpaired) electrons. The maximum Gasteiger partial charge on any atom is 0.264 e. The van der Waals surface area contributed by atoms with Crippen molar-refractivity contribution in [2.75, 3.05) is 29.4 Å². The van der Waals surface area contributed by atoms with Gasteiger partial charge in [-0.2, -0.15) is 5.10 Å². The minimum absolute atomic E-state index is 0.0422. The molecule has 2 N–H and O–H groups in total. The van der Waals surface area contributed by atoms with Crippen LogP contribution >= 0.6 is 11.6 Å². The van der Waals surface area contributed by atoms with Crippen molar-refractivity contribution in [2.24, 2.45) is 5.10 Å². The predicted octanol–water partition coefficient (Wildman–Crippen LogP) is 5.41. The molecule has 228 valence electrons. The lowest BCUT2D eigenvalue weighted by Gasteiger charge is -2.25. The van der Waals surface area contributed by atoms with Crippen LogP contribution in [0.5, 0.6) is 11.5 Å². The smallest absolute Gasteiger partial charge is 0.264 e. The Morgan fingerprint density at radius 2 is 1.57 bits per heavy atom. The van der Waals surface area contributed by atoms with E-state index in [9.17, 15) is 18.0 Å². The molecule has 4 aromatic carbocycles. The molecule has 0 fully saturated rings. The first-order chi connectivity index (χ1) is 21.2. The van der Waals surface area contributed by atoms with Crippen LogP contribution in [-0.2, 0) is 19.6 Å². The van der Waals surface area contributed by atoms with E-state index in [1.54, 1.807) is 55.5 Å². The number of hydrazone groups is 1. The second kappa shape index (κ2) is 15.0. The molecule has 0 unspecified atom stereocenters. The molecule has 0 heterocycles. The Bertz CT molecular complexity index is 1710. The van der Waals surface area contributed by atoms with E-state index in [1.807, 2.05) is 31.2 Å². The zero-order valence-electron chi connectivity index (χ0n) is 24.1. The van der Waals surface area contributed by atoms with Gasteiger partial charge in [0, 0.05) is 10.7 Å². The molecule has 0 aromatic heterocycles. The van der Waals surface area contributed by atoms with Crippen LogP contribution in [0.15, 0.2) is 107 Å². The van der Waals surface area contributed by atoms with Gasteiger partial charge >= 0.3 is 0 Å². The van der Waals surface area contributed by atoms with E-state index in [4.69, 9.17) is 21.1 Å². The average molecular weight is 635 g/mol. The summed E-state index contributed by atoms with van der Waals surface area (Å²) < 4.78 is 39.4. The number of sulfonamides is 1. The molecular weight excluding hydrogens is 604 g/mol. The lowest BCUT2D eigenvalue weighted by molar-refractivity contribution is -0.119. The van der Waals surface area contributed by atoms with Crippen LogP contribution in [0.1, 0.15) is 18.1 Å². The number of rotatable bonds is 13. The molecule has 0 bridgehead atoms. The Morgan fingerprint density at radius 1 is 0.886 bits per heavy atom. The van der Waals surface area contributed by atoms with E-state index in [-0.39, 0.29) is 23.1 Å². The average Bonchev–Trinajstić information content (AvgIpc) is 3.01. The summed E-state index contributed by atoms with van der Waals surface area (Å²) in [6.07, 6.45) is 1.40. The van der Waals surface area contributed by atoms with E-state index in [2.05, 4.69) is 15.8 Å². The summed E-state index contributed by atoms with van der Waals surface area (Å²) in [7, 11) is -4.18. The fourth-order valence-corrected chi connectivity index (χ4v) is 5.51. The molecule has 12 heteroatoms. The van der Waals surface area contributed by atoms with Gasteiger partial charge in [-0.25, -0.2) is 13.8 Å². The Morgan fingerprint density at radius 3 is 2.25 bits per heavy atom. The third-order valence-corrected chi connectivity index (χ3v) is 8.14. The number of nitrogens with one attached hydrogen (secondary N) is 2. The standard InChI is InChI=1S/C32H31ClN4O6S/c1-3-42-30-7-5-4-6-29(30)37(44(40,41)28-18-12-25(33)13-19-28)21-31(38)36-34-20-24-10-16-27(17-11-24)43-22-32(39)35-26-14-8-23(2)9-15-26/h4-20H,3,21-22H2,1-2H3,(H,35,39)(H,36,38)/b34-20-. The SMILES string of the molecule is CCOc1ccccc1N(CC(=O)N/N=C\c1ccc(OCC(=O)Nc2ccc(C)cc2)cc1)S(=O)(=O)c1ccc(Cl)cc1. The number of carbonyl (C=O) groups is 2. The Labute approximate surface area is 261 Å². The number of nitrogens with zero attached hydrogens (tertiary/aromatic N) is 2. The topological polar surface area (TPSA) is 126 Å². The first-order valence-corrected chi connectivity index (χ1v) is 15.4. The lowest BCUT2D eigenvalue weighted by Crippen LogP contribution is -2.39. The predicted molar refractivity (Wildman–Crippen MR) is 171 cm³/mol. The molecule has 4 rings (SSSR count). The van der Waals surface area contributed by atoms with Crippen molar-refractivity contribution in [1.29, 1.82) is 0 Å². The highest BCUT2D eigenvalue weighted by Crippen LogP contribution is 2.32. The van der Waals surface area contributed by atoms with E-state index < -0.39 is 22.5 Å². The van der Waals surface area contributed by atoms with Crippen LogP contribution in [-0.4, -0.2) is 46.2 Å². The normalized spacial score (nSPS) is 11.2. The summed E-state index contributed by atoms with van der Waals surface area (Å²) >= 11 is 5.95. The Hall–Kier alpha value is -4.87. The monoisotopic (exact) mass is 634 g/mol. The van der Waals surface area contributed by atoms with Crippen LogP contribution in [0, 0.1) is 6.92 Å². The van der Waals surface area contributed by atoms with Gasteiger partial charge in [-0.05, 0) is 92.2 Å². The molecule has 44 heavy (non-hydrogen) atoms. The maximum absolute atomic E-state index is 13.6. The minimum Gasteiger partial charge on any atom is -0.492 e. The van der Waals surface area contributed by atoms with Gasteiger partial charge in [-0.15, -0.1) is 0 Å². The number of halogens is 1. The van der Waals surface area contributed by atoms with Gasteiger partial charge in [0.05, 0.1) is 23.4 Å². The van der Waals surface area contributed by atoms with Crippen molar-refractivity contribution in [2.45, 2.75) is 18.7 Å². The summed E-state index contributed by atoms with van der Waals surface area (Å²) in [5.41, 5.74) is 4.98. The number of benzene rings is 4. The molecule has 2 amide bonds. The van der Waals surface area contributed by atoms with Crippen molar-refractivity contribution in [3.8, 4) is 11.5 Å². The summed E-state index contributed by atoms with van der Waals surface area (Å²) in [5.74, 6) is -0.192. The number of amides is 2. The highest BCUT2D eigenvalue weighted by molar-refractivity contribution is 7.92. The number of hydrogen-bond acceptors (Lipinski definition) is 7. The van der Waals surface area contributed by atoms with Gasteiger partial charge < -0.3 is 14.8 Å². The number of para-hydroxylation sites is 2. The highest BCUT2D eigenvalue weighted by Gasteiger charge is 2.29. The molecule has 10 nitrogen and oxygen atoms in total. The van der Waals surface area contributed by atoms with Gasteiger partial charge in [0.25, 0.3) is 21.8 Å². The summed E-state index contributed by atoms with van der Waals surface area (Å²) in [4.78, 5) is 25.0. The lowest BCUT2D eigenvalue weighted by atomic mass is 10.2. The number of hydrogen-bond donors (Lipinski definition) is 2. The summed E-state index contributed by atoms with van der Waals surface area (Å²) in [5, 5.41) is 7.11. The van der Waals surface area contributed by atoms with Gasteiger partial charge in [0.15, 0.2) is 6.61 Å². The summed E-state index contributed by atoms with van der Waals surface area (Å²) in [6.45, 7) is 3.31. The van der Waals surface area contributed by atoms with E-state index >= 15 is 0 Å². The maximum atomic E-state index is 13.6. The largest absolute Gasteiger partial charge is 0.492 e. The molecule has 0 saturated carbocycles. The molecular formula is C32H31ClN4O6S. The van der Waals surface area contributed by atoms with Crippen molar-refractivity contribution in [3.63, 3.8) is 0 Å². The molecule has 0 atom stereocenters. The van der Waals surface area contributed by atoms with Crippen molar-refractivity contribution in [1.82, 2.24) is 5.43 Å². The Balaban J connectivity index is 1.38. The van der Waals surface area contributed by atoms with Crippen molar-refractivity contribution < 1.29 is 27.5 Å². The van der Waals surface area contributed by atoms with Crippen LogP contribution in [0.4, 0.5) is 11.4 Å². The van der Waals surface area contributed by atoms with Gasteiger partial charge in [-0.3, -0.25) is 13.9 Å². The number of anilines is 2. The van der Waals surface area contributed by atoms with E-state index in [0.29, 0.717) is 34.4 Å². The van der Waals surface area contributed by atoms with Gasteiger partial charge in [0.1, 0.15) is 18.0 Å². The first kappa shape index (κ1) is 32.1. The number of aryl methyl sites for hydroxylation is 1. The quantitative estimate of drug-likeness (QED) is 0.150. The number of carbonyl (C=O) groups excluding carboxylic acids is 2. The zero-order valence-corrected chi connectivity index (χ0v) is 25.6. The third kappa shape index (κ3) is 8.82. The minimum atomic E-state index is -4.18. The van der Waals surface area contributed by atoms with Crippen LogP contribution < -0.4 is 24.5 Å². The van der Waals surface area contributed by atoms with Gasteiger partial charge in [0.2, 0.25) is 0 Å². The fraction of sp³-hybridized carbons (Fsp3) is 0.156. The number of ether oxygens (including phenoxy) is 2.